The van der Waals surface area contributed by atoms with Gasteiger partial charge in [0.1, 0.15) is 0 Å². The molecule has 1 aliphatic heterocycles. The number of benzene rings is 3. The van der Waals surface area contributed by atoms with Gasteiger partial charge in [-0.1, -0.05) is 72.8 Å². The van der Waals surface area contributed by atoms with Crippen LogP contribution in [0, 0.1) is 0 Å². The molecule has 3 aromatic rings. The second kappa shape index (κ2) is 10.7. The highest BCUT2D eigenvalue weighted by atomic mass is 16.5. The highest BCUT2D eigenvalue weighted by molar-refractivity contribution is 6.14. The van der Waals surface area contributed by atoms with Gasteiger partial charge in [-0.05, 0) is 41.3 Å². The van der Waals surface area contributed by atoms with Crippen molar-refractivity contribution in [2.75, 3.05) is 20.8 Å². The van der Waals surface area contributed by atoms with Crippen LogP contribution in [0.2, 0.25) is 0 Å². The van der Waals surface area contributed by atoms with E-state index in [0.29, 0.717) is 30.0 Å². The largest absolute Gasteiger partial charge is 0.503 e. The Balaban J connectivity index is 1.71. The van der Waals surface area contributed by atoms with Crippen LogP contribution >= 0.6 is 0 Å². The van der Waals surface area contributed by atoms with Gasteiger partial charge in [0, 0.05) is 6.54 Å². The third-order valence-corrected chi connectivity index (χ3v) is 6.00. The highest BCUT2D eigenvalue weighted by Crippen LogP contribution is 2.41. The van der Waals surface area contributed by atoms with E-state index in [1.54, 1.807) is 24.3 Å². The summed E-state index contributed by atoms with van der Waals surface area (Å²) in [6.07, 6.45) is 3.64. The van der Waals surface area contributed by atoms with E-state index in [1.807, 2.05) is 60.7 Å². The number of carbonyl (C=O) groups excluding carboxylic acids is 2. The summed E-state index contributed by atoms with van der Waals surface area (Å²) in [6.45, 7) is 0.325. The Morgan fingerprint density at radius 1 is 0.943 bits per heavy atom. The van der Waals surface area contributed by atoms with Crippen molar-refractivity contribution < 1.29 is 24.2 Å². The number of amides is 1. The fourth-order valence-electron chi connectivity index (χ4n) is 4.23. The zero-order valence-corrected chi connectivity index (χ0v) is 19.7. The van der Waals surface area contributed by atoms with Gasteiger partial charge in [-0.2, -0.15) is 0 Å². The molecule has 0 spiro atoms. The molecule has 0 aromatic heterocycles. The normalized spacial score (nSPS) is 15.7. The van der Waals surface area contributed by atoms with E-state index >= 15 is 0 Å². The molecule has 35 heavy (non-hydrogen) atoms. The summed E-state index contributed by atoms with van der Waals surface area (Å²) < 4.78 is 10.8. The van der Waals surface area contributed by atoms with E-state index in [2.05, 4.69) is 0 Å². The standard InChI is InChI=1S/C29H27NO5/c1-34-24-16-14-22(19-25(24)35-2)27-26(23(31)15-13-20-9-5-3-6-10-20)28(32)29(33)30(27)18-17-21-11-7-4-8-12-21/h3-16,19,27,32H,17-18H2,1-2H3/b15-13+/t27-/m0/s1. The van der Waals surface area contributed by atoms with E-state index in [4.69, 9.17) is 9.47 Å². The molecule has 3 aromatic carbocycles. The van der Waals surface area contributed by atoms with Crippen LogP contribution in [0.25, 0.3) is 6.08 Å². The van der Waals surface area contributed by atoms with Crippen molar-refractivity contribution in [1.29, 1.82) is 0 Å². The van der Waals surface area contributed by atoms with Gasteiger partial charge in [0.05, 0.1) is 25.8 Å². The molecule has 1 atom stereocenters. The quantitative estimate of drug-likeness (QED) is 0.450. The molecule has 1 aliphatic rings. The first-order valence-electron chi connectivity index (χ1n) is 11.3. The number of hydrogen-bond donors (Lipinski definition) is 1. The summed E-state index contributed by atoms with van der Waals surface area (Å²) >= 11 is 0. The molecular weight excluding hydrogens is 442 g/mol. The predicted octanol–water partition coefficient (Wildman–Crippen LogP) is 4.92. The maximum atomic E-state index is 13.3. The first-order chi connectivity index (χ1) is 17.0. The lowest BCUT2D eigenvalue weighted by atomic mass is 9.95. The summed E-state index contributed by atoms with van der Waals surface area (Å²) in [5.41, 5.74) is 2.58. The number of ether oxygens (including phenoxy) is 2. The molecule has 4 rings (SSSR count). The Bertz CT molecular complexity index is 1260. The van der Waals surface area contributed by atoms with Crippen molar-refractivity contribution in [1.82, 2.24) is 4.90 Å². The fourth-order valence-corrected chi connectivity index (χ4v) is 4.23. The zero-order valence-electron chi connectivity index (χ0n) is 19.7. The third kappa shape index (κ3) is 5.11. The molecular formula is C29H27NO5. The minimum absolute atomic E-state index is 0.0439. The topological polar surface area (TPSA) is 76.1 Å². The summed E-state index contributed by atoms with van der Waals surface area (Å²) in [5, 5.41) is 10.8. The third-order valence-electron chi connectivity index (χ3n) is 6.00. The molecule has 0 saturated carbocycles. The van der Waals surface area contributed by atoms with Gasteiger partial charge in [-0.3, -0.25) is 9.59 Å². The van der Waals surface area contributed by atoms with Gasteiger partial charge < -0.3 is 19.5 Å². The summed E-state index contributed by atoms with van der Waals surface area (Å²) in [5.74, 6) is -0.528. The lowest BCUT2D eigenvalue weighted by Crippen LogP contribution is -2.33. The second-order valence-corrected chi connectivity index (χ2v) is 8.12. The number of allylic oxidation sites excluding steroid dienone is 1. The molecule has 178 valence electrons. The minimum atomic E-state index is -0.765. The Kier molecular flexibility index (Phi) is 7.31. The Morgan fingerprint density at radius 2 is 1.60 bits per heavy atom. The molecule has 1 N–H and O–H groups in total. The molecule has 0 aliphatic carbocycles. The molecule has 0 fully saturated rings. The van der Waals surface area contributed by atoms with Crippen LogP contribution in [-0.4, -0.2) is 42.5 Å². The maximum absolute atomic E-state index is 13.3. The van der Waals surface area contributed by atoms with Crippen LogP contribution in [0.3, 0.4) is 0 Å². The van der Waals surface area contributed by atoms with Crippen molar-refractivity contribution in [3.8, 4) is 11.5 Å². The first kappa shape index (κ1) is 23.8. The van der Waals surface area contributed by atoms with Gasteiger partial charge >= 0.3 is 0 Å². The number of hydrogen-bond acceptors (Lipinski definition) is 5. The van der Waals surface area contributed by atoms with E-state index < -0.39 is 23.5 Å². The van der Waals surface area contributed by atoms with E-state index in [1.165, 1.54) is 25.2 Å². The molecule has 1 amide bonds. The summed E-state index contributed by atoms with van der Waals surface area (Å²) in [4.78, 5) is 28.0. The lowest BCUT2D eigenvalue weighted by Gasteiger charge is -2.27. The van der Waals surface area contributed by atoms with E-state index in [0.717, 1.165) is 11.1 Å². The number of aliphatic hydroxyl groups excluding tert-OH is 1. The average molecular weight is 470 g/mol. The van der Waals surface area contributed by atoms with Crippen molar-refractivity contribution >= 4 is 17.8 Å². The van der Waals surface area contributed by atoms with Crippen molar-refractivity contribution in [2.45, 2.75) is 12.5 Å². The smallest absolute Gasteiger partial charge is 0.290 e. The molecule has 6 heteroatoms. The molecule has 0 unspecified atom stereocenters. The van der Waals surface area contributed by atoms with Crippen LogP contribution in [0.5, 0.6) is 11.5 Å². The zero-order chi connectivity index (χ0) is 24.8. The monoisotopic (exact) mass is 469 g/mol. The van der Waals surface area contributed by atoms with Crippen LogP contribution in [0.1, 0.15) is 22.7 Å². The van der Waals surface area contributed by atoms with Crippen LogP contribution < -0.4 is 9.47 Å². The number of rotatable bonds is 9. The summed E-state index contributed by atoms with van der Waals surface area (Å²) in [7, 11) is 3.06. The van der Waals surface area contributed by atoms with Crippen LogP contribution in [0.15, 0.2) is 96.3 Å². The minimum Gasteiger partial charge on any atom is -0.503 e. The fraction of sp³-hybridized carbons (Fsp3) is 0.172. The van der Waals surface area contributed by atoms with Gasteiger partial charge in [0.2, 0.25) is 0 Å². The lowest BCUT2D eigenvalue weighted by molar-refractivity contribution is -0.129. The number of aliphatic hydroxyl groups is 1. The van der Waals surface area contributed by atoms with E-state index in [-0.39, 0.29) is 5.57 Å². The highest BCUT2D eigenvalue weighted by Gasteiger charge is 2.42. The molecule has 0 saturated heterocycles. The van der Waals surface area contributed by atoms with Crippen molar-refractivity contribution in [2.24, 2.45) is 0 Å². The number of ketones is 1. The summed E-state index contributed by atoms with van der Waals surface area (Å²) in [6, 6.07) is 23.6. The Hall–Kier alpha value is -4.32. The molecule has 1 heterocycles. The first-order valence-corrected chi connectivity index (χ1v) is 11.3. The van der Waals surface area contributed by atoms with Crippen LogP contribution in [-0.2, 0) is 16.0 Å². The second-order valence-electron chi connectivity index (χ2n) is 8.12. The van der Waals surface area contributed by atoms with Gasteiger partial charge in [0.15, 0.2) is 23.0 Å². The van der Waals surface area contributed by atoms with Crippen LogP contribution in [0.4, 0.5) is 0 Å². The average Bonchev–Trinajstić information content (AvgIpc) is 3.16. The molecule has 0 bridgehead atoms. The van der Waals surface area contributed by atoms with E-state index in [9.17, 15) is 14.7 Å². The SMILES string of the molecule is COc1ccc([C@H]2C(C(=O)/C=C/c3ccccc3)=C(O)C(=O)N2CCc2ccccc2)cc1OC. The molecule has 6 nitrogen and oxygen atoms in total. The number of carbonyl (C=O) groups is 2. The Morgan fingerprint density at radius 3 is 2.26 bits per heavy atom. The number of methoxy groups -OCH3 is 2. The van der Waals surface area contributed by atoms with Crippen molar-refractivity contribution in [3.63, 3.8) is 0 Å². The maximum Gasteiger partial charge on any atom is 0.290 e. The van der Waals surface area contributed by atoms with Crippen molar-refractivity contribution in [3.05, 3.63) is 113 Å². The number of nitrogens with zero attached hydrogens (tertiary/aromatic N) is 1. The van der Waals surface area contributed by atoms with Gasteiger partial charge in [-0.15, -0.1) is 0 Å². The van der Waals surface area contributed by atoms with Gasteiger partial charge in [0.25, 0.3) is 5.91 Å². The predicted molar refractivity (Wildman–Crippen MR) is 134 cm³/mol. The Labute approximate surface area is 204 Å². The van der Waals surface area contributed by atoms with Gasteiger partial charge in [-0.25, -0.2) is 0 Å². The molecule has 0 radical (unpaired) electrons.